The number of rotatable bonds is 6. The molecule has 1 atom stereocenters. The minimum Gasteiger partial charge on any atom is -0.492 e. The highest BCUT2D eigenvalue weighted by Crippen LogP contribution is 2.32. The second-order valence-corrected chi connectivity index (χ2v) is 10.6. The predicted octanol–water partition coefficient (Wildman–Crippen LogP) is 3.42. The lowest BCUT2D eigenvalue weighted by molar-refractivity contribution is -0.121. The third-order valence-corrected chi connectivity index (χ3v) is 8.25. The number of aryl methyl sites for hydroxylation is 1. The molecule has 0 radical (unpaired) electrons. The van der Waals surface area contributed by atoms with Crippen LogP contribution in [0.5, 0.6) is 5.75 Å². The summed E-state index contributed by atoms with van der Waals surface area (Å²) in [6.45, 7) is 5.02. The molecule has 0 aromatic heterocycles. The molecule has 34 heavy (non-hydrogen) atoms. The number of sulfonamides is 1. The van der Waals surface area contributed by atoms with Crippen molar-refractivity contribution in [2.24, 2.45) is 5.92 Å². The highest BCUT2D eigenvalue weighted by molar-refractivity contribution is 7.89. The lowest BCUT2D eigenvalue weighted by Gasteiger charge is -2.32. The fourth-order valence-electron chi connectivity index (χ4n) is 4.67. The van der Waals surface area contributed by atoms with E-state index in [4.69, 9.17) is 4.74 Å². The van der Waals surface area contributed by atoms with E-state index in [0.29, 0.717) is 44.0 Å². The van der Waals surface area contributed by atoms with E-state index in [1.54, 1.807) is 35.2 Å². The molecule has 0 saturated carbocycles. The summed E-state index contributed by atoms with van der Waals surface area (Å²) in [5.41, 5.74) is 2.22. The van der Waals surface area contributed by atoms with Crippen LogP contribution in [0.2, 0.25) is 0 Å². The Labute approximate surface area is 200 Å². The van der Waals surface area contributed by atoms with E-state index >= 15 is 0 Å². The fraction of sp³-hybridized carbons (Fsp3) is 0.440. The fourth-order valence-corrected chi connectivity index (χ4v) is 6.25. The Morgan fingerprint density at radius 1 is 1.12 bits per heavy atom. The highest BCUT2D eigenvalue weighted by atomic mass is 32.2. The van der Waals surface area contributed by atoms with Gasteiger partial charge >= 0.3 is 0 Å². The van der Waals surface area contributed by atoms with Crippen LogP contribution in [0.1, 0.15) is 38.7 Å². The first-order chi connectivity index (χ1) is 16.3. The first-order valence-corrected chi connectivity index (χ1v) is 13.2. The maximum Gasteiger partial charge on any atom is 0.243 e. The zero-order chi connectivity index (χ0) is 24.3. The summed E-state index contributed by atoms with van der Waals surface area (Å²) >= 11 is 0. The molecule has 0 unspecified atom stereocenters. The number of benzene rings is 2. The molecule has 1 saturated heterocycles. The molecule has 0 bridgehead atoms. The van der Waals surface area contributed by atoms with Crippen LogP contribution in [-0.4, -0.2) is 50.8 Å². The van der Waals surface area contributed by atoms with Crippen LogP contribution in [0.3, 0.4) is 0 Å². The van der Waals surface area contributed by atoms with Crippen molar-refractivity contribution < 1.29 is 22.7 Å². The van der Waals surface area contributed by atoms with Crippen LogP contribution < -0.4 is 15.0 Å². The van der Waals surface area contributed by atoms with Gasteiger partial charge in [-0.3, -0.25) is 9.59 Å². The van der Waals surface area contributed by atoms with Gasteiger partial charge in [0.15, 0.2) is 0 Å². The molecule has 8 nitrogen and oxygen atoms in total. The zero-order valence-corrected chi connectivity index (χ0v) is 20.4. The average molecular weight is 486 g/mol. The van der Waals surface area contributed by atoms with E-state index < -0.39 is 15.9 Å². The molecule has 2 aromatic carbocycles. The van der Waals surface area contributed by atoms with Gasteiger partial charge in [0.2, 0.25) is 21.8 Å². The number of hydrogen-bond donors (Lipinski definition) is 1. The van der Waals surface area contributed by atoms with Crippen LogP contribution in [0, 0.1) is 5.92 Å². The third kappa shape index (κ3) is 4.95. The maximum atomic E-state index is 13.4. The number of fused-ring (bicyclic) bond motifs is 1. The Kier molecular flexibility index (Phi) is 7.23. The molecule has 1 N–H and O–H groups in total. The number of nitrogens with zero attached hydrogens (tertiary/aromatic N) is 2. The van der Waals surface area contributed by atoms with E-state index in [9.17, 15) is 18.0 Å². The average Bonchev–Trinajstić information content (AvgIpc) is 2.84. The number of hydrogen-bond acceptors (Lipinski definition) is 5. The number of carbonyl (C=O) groups excluding carboxylic acids is 2. The molecule has 4 rings (SSSR count). The first-order valence-electron chi connectivity index (χ1n) is 11.7. The summed E-state index contributed by atoms with van der Waals surface area (Å²) in [5.74, 6) is -0.127. The van der Waals surface area contributed by atoms with Crippen molar-refractivity contribution in [2.75, 3.05) is 36.5 Å². The standard InChI is InChI=1S/C25H31N3O5S/c1-3-33-24-11-5-4-10-22(24)26-25(30)20-9-6-14-27(17-20)34(31,32)21-12-13-23-19(16-21)8-7-15-28(23)18(2)29/h4-5,10-13,16,20H,3,6-9,14-15,17H2,1-2H3,(H,26,30)/t20-/m1/s1. The van der Waals surface area contributed by atoms with E-state index in [2.05, 4.69) is 5.32 Å². The number of piperidine rings is 1. The van der Waals surface area contributed by atoms with Gasteiger partial charge < -0.3 is 15.0 Å². The van der Waals surface area contributed by atoms with Crippen LogP contribution in [0.25, 0.3) is 0 Å². The molecule has 2 amide bonds. The van der Waals surface area contributed by atoms with Crippen molar-refractivity contribution >= 4 is 33.2 Å². The number of carbonyl (C=O) groups is 2. The molecular formula is C25H31N3O5S. The first kappa shape index (κ1) is 24.2. The van der Waals surface area contributed by atoms with Gasteiger partial charge in [-0.25, -0.2) is 8.42 Å². The molecule has 0 aliphatic carbocycles. The molecule has 1 fully saturated rings. The summed E-state index contributed by atoms with van der Waals surface area (Å²) in [6, 6.07) is 12.2. The number of amides is 2. The lowest BCUT2D eigenvalue weighted by Crippen LogP contribution is -2.43. The van der Waals surface area contributed by atoms with Crippen molar-refractivity contribution in [1.82, 2.24) is 4.31 Å². The summed E-state index contributed by atoms with van der Waals surface area (Å²) in [7, 11) is -3.76. The monoisotopic (exact) mass is 485 g/mol. The van der Waals surface area contributed by atoms with E-state index in [-0.39, 0.29) is 23.3 Å². The van der Waals surface area contributed by atoms with Gasteiger partial charge in [-0.1, -0.05) is 12.1 Å². The van der Waals surface area contributed by atoms with Crippen molar-refractivity contribution in [3.05, 3.63) is 48.0 Å². The predicted molar refractivity (Wildman–Crippen MR) is 131 cm³/mol. The number of anilines is 2. The second-order valence-electron chi connectivity index (χ2n) is 8.69. The molecule has 0 spiro atoms. The summed E-state index contributed by atoms with van der Waals surface area (Å²) in [5, 5.41) is 2.91. The SMILES string of the molecule is CCOc1ccccc1NC(=O)[C@@H]1CCCN(S(=O)(=O)c2ccc3c(c2)CCCN3C(C)=O)C1. The van der Waals surface area contributed by atoms with Gasteiger partial charge in [-0.15, -0.1) is 0 Å². The third-order valence-electron chi connectivity index (χ3n) is 6.39. The Balaban J connectivity index is 1.50. The molecule has 2 aliphatic heterocycles. The quantitative estimate of drug-likeness (QED) is 0.676. The summed E-state index contributed by atoms with van der Waals surface area (Å²) in [4.78, 5) is 26.8. The van der Waals surface area contributed by atoms with Crippen molar-refractivity contribution in [1.29, 1.82) is 0 Å². The molecular weight excluding hydrogens is 454 g/mol. The van der Waals surface area contributed by atoms with Crippen LogP contribution in [0.15, 0.2) is 47.4 Å². The van der Waals surface area contributed by atoms with Crippen LogP contribution >= 0.6 is 0 Å². The number of ether oxygens (including phenoxy) is 1. The Bertz CT molecular complexity index is 1180. The van der Waals surface area contributed by atoms with Crippen molar-refractivity contribution in [2.45, 2.75) is 44.4 Å². The minimum absolute atomic E-state index is 0.0487. The molecule has 9 heteroatoms. The van der Waals surface area contributed by atoms with E-state index in [1.807, 2.05) is 19.1 Å². The van der Waals surface area contributed by atoms with E-state index in [0.717, 1.165) is 24.1 Å². The molecule has 2 heterocycles. The smallest absolute Gasteiger partial charge is 0.243 e. The van der Waals surface area contributed by atoms with Crippen molar-refractivity contribution in [3.63, 3.8) is 0 Å². The largest absolute Gasteiger partial charge is 0.492 e. The normalized spacial score (nSPS) is 18.8. The van der Waals surface area contributed by atoms with E-state index in [1.165, 1.54) is 11.2 Å². The van der Waals surface area contributed by atoms with Crippen LogP contribution in [-0.2, 0) is 26.0 Å². The molecule has 2 aliphatic rings. The number of nitrogens with one attached hydrogen (secondary N) is 1. The van der Waals surface area contributed by atoms with Gasteiger partial charge in [0, 0.05) is 32.2 Å². The summed E-state index contributed by atoms with van der Waals surface area (Å²) < 4.78 is 33.9. The van der Waals surface area contributed by atoms with Gasteiger partial charge in [-0.05, 0) is 68.5 Å². The highest BCUT2D eigenvalue weighted by Gasteiger charge is 2.34. The van der Waals surface area contributed by atoms with Crippen LogP contribution in [0.4, 0.5) is 11.4 Å². The van der Waals surface area contributed by atoms with Gasteiger partial charge in [0.05, 0.1) is 23.1 Å². The Morgan fingerprint density at radius 3 is 2.68 bits per heavy atom. The molecule has 182 valence electrons. The van der Waals surface area contributed by atoms with Gasteiger partial charge in [-0.2, -0.15) is 4.31 Å². The Hall–Kier alpha value is -2.91. The zero-order valence-electron chi connectivity index (χ0n) is 19.6. The topological polar surface area (TPSA) is 96.0 Å². The second kappa shape index (κ2) is 10.1. The molecule has 2 aromatic rings. The van der Waals surface area contributed by atoms with Gasteiger partial charge in [0.1, 0.15) is 5.75 Å². The Morgan fingerprint density at radius 2 is 1.91 bits per heavy atom. The van der Waals surface area contributed by atoms with Crippen molar-refractivity contribution in [3.8, 4) is 5.75 Å². The summed E-state index contributed by atoms with van der Waals surface area (Å²) in [6.07, 6.45) is 2.75. The lowest BCUT2D eigenvalue weighted by atomic mass is 9.98. The number of para-hydroxylation sites is 2. The maximum absolute atomic E-state index is 13.4. The van der Waals surface area contributed by atoms with Gasteiger partial charge in [0.25, 0.3) is 0 Å². The minimum atomic E-state index is -3.76.